The van der Waals surface area contributed by atoms with E-state index in [9.17, 15) is 5.11 Å². The van der Waals surface area contributed by atoms with Gasteiger partial charge in [-0.3, -0.25) is 0 Å². The van der Waals surface area contributed by atoms with Gasteiger partial charge in [0.15, 0.2) is 0 Å². The van der Waals surface area contributed by atoms with Crippen LogP contribution in [0.4, 0.5) is 0 Å². The fourth-order valence-corrected chi connectivity index (χ4v) is 3.21. The van der Waals surface area contributed by atoms with Crippen molar-refractivity contribution in [1.82, 2.24) is 0 Å². The summed E-state index contributed by atoms with van der Waals surface area (Å²) in [5.41, 5.74) is 0.0733. The topological polar surface area (TPSA) is 20.2 Å². The van der Waals surface area contributed by atoms with E-state index in [-0.39, 0.29) is 5.60 Å². The van der Waals surface area contributed by atoms with E-state index in [0.29, 0.717) is 5.41 Å². The van der Waals surface area contributed by atoms with Crippen LogP contribution in [0.3, 0.4) is 0 Å². The van der Waals surface area contributed by atoms with Crippen molar-refractivity contribution in [3.05, 3.63) is 0 Å². The molecule has 0 aromatic heterocycles. The molecule has 2 atom stereocenters. The van der Waals surface area contributed by atoms with Crippen molar-refractivity contribution in [2.75, 3.05) is 0 Å². The van der Waals surface area contributed by atoms with Crippen molar-refractivity contribution in [1.29, 1.82) is 0 Å². The fourth-order valence-electron chi connectivity index (χ4n) is 3.21. The van der Waals surface area contributed by atoms with E-state index < -0.39 is 0 Å². The molecule has 1 fully saturated rings. The van der Waals surface area contributed by atoms with Crippen molar-refractivity contribution in [2.45, 2.75) is 91.1 Å². The third kappa shape index (κ3) is 4.99. The summed E-state index contributed by atoms with van der Waals surface area (Å²) in [7, 11) is 0. The lowest BCUT2D eigenvalue weighted by atomic mass is 9.76. The van der Waals surface area contributed by atoms with Crippen molar-refractivity contribution in [3.8, 4) is 0 Å². The second-order valence-electron chi connectivity index (χ2n) is 7.18. The van der Waals surface area contributed by atoms with Gasteiger partial charge in [0, 0.05) is 0 Å². The van der Waals surface area contributed by atoms with Gasteiger partial charge in [0.05, 0.1) is 5.60 Å². The summed E-state index contributed by atoms with van der Waals surface area (Å²) in [6.07, 6.45) is 10.5. The number of unbranched alkanes of at least 4 members (excludes halogenated alkanes) is 2. The zero-order valence-corrected chi connectivity index (χ0v) is 12.4. The summed E-state index contributed by atoms with van der Waals surface area (Å²) in [4.78, 5) is 0. The molecule has 1 aliphatic rings. The molecule has 1 aliphatic carbocycles. The molecule has 1 rings (SSSR count). The van der Waals surface area contributed by atoms with Crippen LogP contribution in [0.1, 0.15) is 85.5 Å². The number of rotatable bonds is 4. The summed E-state index contributed by atoms with van der Waals surface area (Å²) in [5, 5.41) is 10.7. The van der Waals surface area contributed by atoms with E-state index in [1.54, 1.807) is 0 Å². The molecule has 0 heterocycles. The van der Waals surface area contributed by atoms with E-state index in [1.807, 2.05) is 0 Å². The first-order valence-corrected chi connectivity index (χ1v) is 7.60. The Hall–Kier alpha value is -0.0400. The van der Waals surface area contributed by atoms with Crippen LogP contribution in [0.5, 0.6) is 0 Å². The van der Waals surface area contributed by atoms with Crippen molar-refractivity contribution in [3.63, 3.8) is 0 Å². The Balaban J connectivity index is 2.45. The zero-order valence-electron chi connectivity index (χ0n) is 12.4. The van der Waals surface area contributed by atoms with Crippen molar-refractivity contribution >= 4 is 0 Å². The first-order valence-electron chi connectivity index (χ1n) is 7.60. The smallest absolute Gasteiger partial charge is 0.0648 e. The predicted octanol–water partition coefficient (Wildman–Crippen LogP) is 4.92. The SMILES string of the molecule is CCCCCC1(O)CCCC(C(C)(C)C)CC1. The molecule has 0 aliphatic heterocycles. The number of aliphatic hydroxyl groups is 1. The maximum absolute atomic E-state index is 10.7. The Labute approximate surface area is 108 Å². The Morgan fingerprint density at radius 1 is 1.12 bits per heavy atom. The summed E-state index contributed by atoms with van der Waals surface area (Å²) in [6.45, 7) is 9.27. The molecule has 0 bridgehead atoms. The third-order valence-corrected chi connectivity index (χ3v) is 4.62. The molecular weight excluding hydrogens is 208 g/mol. The summed E-state index contributed by atoms with van der Waals surface area (Å²) >= 11 is 0. The lowest BCUT2D eigenvalue weighted by Gasteiger charge is -2.31. The summed E-state index contributed by atoms with van der Waals surface area (Å²) < 4.78 is 0. The van der Waals surface area contributed by atoms with E-state index in [0.717, 1.165) is 25.2 Å². The minimum atomic E-state index is -0.338. The van der Waals surface area contributed by atoms with Gasteiger partial charge in [0.25, 0.3) is 0 Å². The minimum absolute atomic E-state index is 0.338. The first kappa shape index (κ1) is 15.0. The summed E-state index contributed by atoms with van der Waals surface area (Å²) in [6, 6.07) is 0. The molecule has 0 radical (unpaired) electrons. The van der Waals surface area contributed by atoms with Crippen LogP contribution in [0.25, 0.3) is 0 Å². The van der Waals surface area contributed by atoms with Crippen LogP contribution in [0.2, 0.25) is 0 Å². The van der Waals surface area contributed by atoms with Crippen molar-refractivity contribution in [2.24, 2.45) is 11.3 Å². The van der Waals surface area contributed by atoms with E-state index in [1.165, 1.54) is 38.5 Å². The Morgan fingerprint density at radius 2 is 1.82 bits per heavy atom. The van der Waals surface area contributed by atoms with Crippen LogP contribution in [-0.4, -0.2) is 10.7 Å². The molecule has 0 amide bonds. The van der Waals surface area contributed by atoms with Gasteiger partial charge in [-0.15, -0.1) is 0 Å². The highest BCUT2D eigenvalue weighted by atomic mass is 16.3. The molecular formula is C16H32O. The normalized spacial score (nSPS) is 31.2. The highest BCUT2D eigenvalue weighted by Crippen LogP contribution is 2.41. The molecule has 1 N–H and O–H groups in total. The quantitative estimate of drug-likeness (QED) is 0.546. The predicted molar refractivity (Wildman–Crippen MR) is 75.1 cm³/mol. The molecule has 1 nitrogen and oxygen atoms in total. The second-order valence-corrected chi connectivity index (χ2v) is 7.18. The van der Waals surface area contributed by atoms with E-state index in [2.05, 4.69) is 27.7 Å². The fraction of sp³-hybridized carbons (Fsp3) is 1.00. The summed E-state index contributed by atoms with van der Waals surface area (Å²) in [5.74, 6) is 0.794. The van der Waals surface area contributed by atoms with Gasteiger partial charge in [0.1, 0.15) is 0 Å². The molecule has 2 unspecified atom stereocenters. The van der Waals surface area contributed by atoms with Gasteiger partial charge in [0.2, 0.25) is 0 Å². The molecule has 1 heteroatoms. The maximum atomic E-state index is 10.7. The maximum Gasteiger partial charge on any atom is 0.0648 e. The number of hydrogen-bond donors (Lipinski definition) is 1. The number of hydrogen-bond acceptors (Lipinski definition) is 1. The first-order chi connectivity index (χ1) is 7.87. The van der Waals surface area contributed by atoms with Crippen LogP contribution in [0.15, 0.2) is 0 Å². The average Bonchev–Trinajstić information content (AvgIpc) is 2.40. The molecule has 0 spiro atoms. The molecule has 102 valence electrons. The van der Waals surface area contributed by atoms with Crippen LogP contribution < -0.4 is 0 Å². The lowest BCUT2D eigenvalue weighted by molar-refractivity contribution is 0.0116. The van der Waals surface area contributed by atoms with Gasteiger partial charge in [-0.2, -0.15) is 0 Å². The van der Waals surface area contributed by atoms with Crippen LogP contribution >= 0.6 is 0 Å². The molecule has 0 aromatic rings. The van der Waals surface area contributed by atoms with Gasteiger partial charge in [-0.25, -0.2) is 0 Å². The average molecular weight is 240 g/mol. The van der Waals surface area contributed by atoms with Crippen molar-refractivity contribution < 1.29 is 5.11 Å². The molecule has 0 aromatic carbocycles. The second kappa shape index (κ2) is 6.22. The zero-order chi connectivity index (χ0) is 12.9. The van der Waals surface area contributed by atoms with Gasteiger partial charge in [-0.05, 0) is 43.4 Å². The highest BCUT2D eigenvalue weighted by molar-refractivity contribution is 4.86. The van der Waals surface area contributed by atoms with Crippen LogP contribution in [-0.2, 0) is 0 Å². The molecule has 0 saturated heterocycles. The van der Waals surface area contributed by atoms with Crippen LogP contribution in [0, 0.1) is 11.3 Å². The standard InChI is InChI=1S/C16H32O/c1-5-6-7-11-16(17)12-8-9-14(10-13-16)15(2,3)4/h14,17H,5-13H2,1-4H3. The molecule has 17 heavy (non-hydrogen) atoms. The van der Waals surface area contributed by atoms with Gasteiger partial charge < -0.3 is 5.11 Å². The monoisotopic (exact) mass is 240 g/mol. The third-order valence-electron chi connectivity index (χ3n) is 4.62. The van der Waals surface area contributed by atoms with E-state index >= 15 is 0 Å². The van der Waals surface area contributed by atoms with E-state index in [4.69, 9.17) is 0 Å². The Morgan fingerprint density at radius 3 is 2.41 bits per heavy atom. The minimum Gasteiger partial charge on any atom is -0.390 e. The van der Waals surface area contributed by atoms with Gasteiger partial charge >= 0.3 is 0 Å². The Bertz CT molecular complexity index is 216. The van der Waals surface area contributed by atoms with Gasteiger partial charge in [-0.1, -0.05) is 53.4 Å². The lowest BCUT2D eigenvalue weighted by Crippen LogP contribution is -2.28. The highest BCUT2D eigenvalue weighted by Gasteiger charge is 2.34. The molecule has 1 saturated carbocycles. The Kier molecular flexibility index (Phi) is 5.50. The largest absolute Gasteiger partial charge is 0.390 e.